The fraction of sp³-hybridized carbons (Fsp3) is 0.357. The molecule has 0 radical (unpaired) electrons. The second-order valence-electron chi connectivity index (χ2n) is 6.60. The van der Waals surface area contributed by atoms with E-state index in [-0.39, 0.29) is 12.6 Å². The average Bonchev–Trinajstić information content (AvgIpc) is 2.78. The topological polar surface area (TPSA) is 21.3 Å². The standard InChI is InChI=1S/C24H28F3NO.2C2H6/c1-18(13-15-23-11-7-6-9-20(23)3)12-14-21(4)28-22(5)19(2)10-8-16-29-17-24(25,26)27;2*1-2/h6-15,22,28H,1-2,4,16-17H2,3,5H3;2*1-2H3/b10-8-,14-12+,15-13-;;. The summed E-state index contributed by atoms with van der Waals surface area (Å²) in [6.45, 7) is 22.4. The van der Waals surface area contributed by atoms with Crippen LogP contribution in [-0.2, 0) is 4.74 Å². The van der Waals surface area contributed by atoms with Crippen LogP contribution in [0, 0.1) is 6.92 Å². The first-order valence-electron chi connectivity index (χ1n) is 11.1. The Labute approximate surface area is 198 Å². The van der Waals surface area contributed by atoms with Crippen LogP contribution in [0.1, 0.15) is 45.7 Å². The normalized spacial score (nSPS) is 12.0. The van der Waals surface area contributed by atoms with Gasteiger partial charge >= 0.3 is 6.18 Å². The molecule has 0 bridgehead atoms. The summed E-state index contributed by atoms with van der Waals surface area (Å²) in [7, 11) is 0. The Morgan fingerprint density at radius 2 is 1.61 bits per heavy atom. The summed E-state index contributed by atoms with van der Waals surface area (Å²) in [6.07, 6.45) is 6.41. The van der Waals surface area contributed by atoms with Crippen molar-refractivity contribution in [2.45, 2.75) is 53.8 Å². The summed E-state index contributed by atoms with van der Waals surface area (Å²) >= 11 is 0. The molecule has 33 heavy (non-hydrogen) atoms. The molecule has 1 N–H and O–H groups in total. The van der Waals surface area contributed by atoms with Gasteiger partial charge in [-0.25, -0.2) is 0 Å². The lowest BCUT2D eigenvalue weighted by Gasteiger charge is -2.15. The highest BCUT2D eigenvalue weighted by Crippen LogP contribution is 2.14. The van der Waals surface area contributed by atoms with Crippen LogP contribution in [0.3, 0.4) is 0 Å². The Kier molecular flexibility index (Phi) is 18.4. The molecule has 0 saturated carbocycles. The van der Waals surface area contributed by atoms with E-state index in [1.165, 1.54) is 11.6 Å². The van der Waals surface area contributed by atoms with Crippen molar-refractivity contribution in [2.75, 3.05) is 13.2 Å². The third kappa shape index (κ3) is 17.4. The number of allylic oxidation sites excluding steroid dienone is 4. The minimum absolute atomic E-state index is 0.126. The van der Waals surface area contributed by atoms with Crippen molar-refractivity contribution in [3.8, 4) is 0 Å². The average molecular weight is 464 g/mol. The second kappa shape index (κ2) is 18.8. The van der Waals surface area contributed by atoms with Gasteiger partial charge in [0.25, 0.3) is 0 Å². The molecule has 0 fully saturated rings. The molecule has 1 aromatic carbocycles. The Balaban J connectivity index is 0. The van der Waals surface area contributed by atoms with Gasteiger partial charge in [0.2, 0.25) is 0 Å². The third-order valence-corrected chi connectivity index (χ3v) is 3.93. The molecule has 1 atom stereocenters. The molecule has 0 aliphatic carbocycles. The van der Waals surface area contributed by atoms with Crippen molar-refractivity contribution < 1.29 is 17.9 Å². The summed E-state index contributed by atoms with van der Waals surface area (Å²) in [4.78, 5) is 0. The van der Waals surface area contributed by atoms with Gasteiger partial charge in [-0.05, 0) is 42.2 Å². The minimum Gasteiger partial charge on any atom is -0.379 e. The largest absolute Gasteiger partial charge is 0.411 e. The van der Waals surface area contributed by atoms with Crippen molar-refractivity contribution in [3.05, 3.63) is 102 Å². The molecule has 184 valence electrons. The molecule has 1 aromatic rings. The molecule has 2 nitrogen and oxygen atoms in total. The van der Waals surface area contributed by atoms with Gasteiger partial charge in [-0.3, -0.25) is 0 Å². The van der Waals surface area contributed by atoms with E-state index in [0.29, 0.717) is 11.3 Å². The fourth-order valence-corrected chi connectivity index (χ4v) is 2.24. The van der Waals surface area contributed by atoms with E-state index >= 15 is 0 Å². The van der Waals surface area contributed by atoms with Crippen LogP contribution in [0.2, 0.25) is 0 Å². The van der Waals surface area contributed by atoms with E-state index in [4.69, 9.17) is 0 Å². The van der Waals surface area contributed by atoms with Crippen molar-refractivity contribution in [3.63, 3.8) is 0 Å². The van der Waals surface area contributed by atoms with E-state index in [9.17, 15) is 13.2 Å². The van der Waals surface area contributed by atoms with Crippen LogP contribution in [0.5, 0.6) is 0 Å². The SMILES string of the molecule is C=C(/C=C\c1ccccc1C)/C=C/C(=C)NC(C)C(=C)/C=C\COCC(F)(F)F.CC.CC. The highest BCUT2D eigenvalue weighted by atomic mass is 19.4. The zero-order chi connectivity index (χ0) is 25.9. The van der Waals surface area contributed by atoms with Gasteiger partial charge in [-0.1, -0.05) is 102 Å². The number of nitrogens with one attached hydrogen (secondary N) is 1. The summed E-state index contributed by atoms with van der Waals surface area (Å²) in [5.41, 5.74) is 4.52. The smallest absolute Gasteiger partial charge is 0.379 e. The molecule has 0 saturated heterocycles. The predicted molar refractivity (Wildman–Crippen MR) is 138 cm³/mol. The molecule has 0 spiro atoms. The highest BCUT2D eigenvalue weighted by molar-refractivity contribution is 5.57. The maximum Gasteiger partial charge on any atom is 0.411 e. The summed E-state index contributed by atoms with van der Waals surface area (Å²) in [5, 5.41) is 3.16. The number of alkyl halides is 3. The highest BCUT2D eigenvalue weighted by Gasteiger charge is 2.26. The number of hydrogen-bond acceptors (Lipinski definition) is 2. The van der Waals surface area contributed by atoms with Gasteiger partial charge in [0, 0.05) is 11.7 Å². The number of halogens is 3. The molecule has 1 unspecified atom stereocenters. The molecular weight excluding hydrogens is 423 g/mol. The van der Waals surface area contributed by atoms with Gasteiger partial charge < -0.3 is 10.1 Å². The van der Waals surface area contributed by atoms with Crippen LogP contribution in [0.15, 0.2) is 91.2 Å². The zero-order valence-corrected chi connectivity index (χ0v) is 20.9. The van der Waals surface area contributed by atoms with Crippen LogP contribution >= 0.6 is 0 Å². The maximum atomic E-state index is 12.0. The van der Waals surface area contributed by atoms with E-state index in [2.05, 4.69) is 42.8 Å². The number of aryl methyl sites for hydroxylation is 1. The third-order valence-electron chi connectivity index (χ3n) is 3.93. The van der Waals surface area contributed by atoms with Crippen LogP contribution in [0.4, 0.5) is 13.2 Å². The summed E-state index contributed by atoms with van der Waals surface area (Å²) < 4.78 is 40.5. The first kappa shape index (κ1) is 32.4. The Morgan fingerprint density at radius 3 is 2.18 bits per heavy atom. The first-order valence-corrected chi connectivity index (χ1v) is 11.1. The van der Waals surface area contributed by atoms with E-state index in [0.717, 1.165) is 11.1 Å². The second-order valence-corrected chi connectivity index (χ2v) is 6.60. The lowest BCUT2D eigenvalue weighted by molar-refractivity contribution is -0.171. The quantitative estimate of drug-likeness (QED) is 0.263. The summed E-state index contributed by atoms with van der Waals surface area (Å²) in [5.74, 6) is 0. The van der Waals surface area contributed by atoms with Crippen molar-refractivity contribution in [2.24, 2.45) is 0 Å². The Hall–Kier alpha value is -2.79. The van der Waals surface area contributed by atoms with Crippen molar-refractivity contribution >= 4 is 6.08 Å². The monoisotopic (exact) mass is 463 g/mol. The number of hydrogen-bond donors (Lipinski definition) is 1. The minimum atomic E-state index is -4.32. The lowest BCUT2D eigenvalue weighted by atomic mass is 10.1. The van der Waals surface area contributed by atoms with Crippen molar-refractivity contribution in [1.82, 2.24) is 5.32 Å². The van der Waals surface area contributed by atoms with Gasteiger partial charge in [0.1, 0.15) is 6.61 Å². The number of ether oxygens (including phenoxy) is 1. The lowest BCUT2D eigenvalue weighted by Crippen LogP contribution is -2.25. The van der Waals surface area contributed by atoms with Gasteiger partial charge in [-0.2, -0.15) is 13.2 Å². The van der Waals surface area contributed by atoms with Crippen LogP contribution < -0.4 is 5.32 Å². The maximum absolute atomic E-state index is 12.0. The Morgan fingerprint density at radius 1 is 1.00 bits per heavy atom. The van der Waals surface area contributed by atoms with Crippen molar-refractivity contribution in [1.29, 1.82) is 0 Å². The van der Waals surface area contributed by atoms with E-state index in [1.54, 1.807) is 6.08 Å². The molecule has 0 heterocycles. The van der Waals surface area contributed by atoms with E-state index < -0.39 is 12.8 Å². The number of benzene rings is 1. The molecule has 0 aliphatic rings. The summed E-state index contributed by atoms with van der Waals surface area (Å²) in [6, 6.07) is 7.94. The van der Waals surface area contributed by atoms with Gasteiger partial charge in [0.05, 0.1) is 6.61 Å². The first-order chi connectivity index (χ1) is 15.6. The van der Waals surface area contributed by atoms with Crippen LogP contribution in [-0.4, -0.2) is 25.4 Å². The molecule has 0 aliphatic heterocycles. The van der Waals surface area contributed by atoms with E-state index in [1.807, 2.05) is 77.1 Å². The predicted octanol–water partition coefficient (Wildman–Crippen LogP) is 8.36. The van der Waals surface area contributed by atoms with Gasteiger partial charge in [-0.15, -0.1) is 0 Å². The number of rotatable bonds is 11. The van der Waals surface area contributed by atoms with Gasteiger partial charge in [0.15, 0.2) is 0 Å². The fourth-order valence-electron chi connectivity index (χ4n) is 2.24. The zero-order valence-electron chi connectivity index (χ0n) is 20.9. The van der Waals surface area contributed by atoms with Crippen LogP contribution in [0.25, 0.3) is 6.08 Å². The Bertz CT molecular complexity index is 802. The molecule has 5 heteroatoms. The molecule has 0 amide bonds. The molecular formula is C28H40F3NO. The molecule has 0 aromatic heterocycles. The molecule has 1 rings (SSSR count).